The van der Waals surface area contributed by atoms with Gasteiger partial charge in [-0.2, -0.15) is 0 Å². The Morgan fingerprint density at radius 1 is 1.03 bits per heavy atom. The number of carbonyl (C=O) groups is 1. The Balaban J connectivity index is -0.000000504. The number of hydrogen-bond donors (Lipinski definition) is 0. The minimum atomic E-state index is 0. The molecular formula is C29H50OS. The van der Waals surface area contributed by atoms with E-state index in [1.807, 2.05) is 45.9 Å². The molecule has 0 radical (unpaired) electrons. The molecular weight excluding hydrogens is 396 g/mol. The molecule has 1 aromatic rings. The average molecular weight is 447 g/mol. The predicted octanol–water partition coefficient (Wildman–Crippen LogP) is 9.80. The first kappa shape index (κ1) is 34.1. The lowest BCUT2D eigenvalue weighted by molar-refractivity contribution is -0.114. The normalized spacial score (nSPS) is 11.8. The summed E-state index contributed by atoms with van der Waals surface area (Å²) in [5, 5.41) is 0. The van der Waals surface area contributed by atoms with Crippen LogP contribution in [0.25, 0.3) is 0 Å². The van der Waals surface area contributed by atoms with Crippen molar-refractivity contribution in [2.24, 2.45) is 5.92 Å². The Morgan fingerprint density at radius 2 is 1.58 bits per heavy atom. The summed E-state index contributed by atoms with van der Waals surface area (Å²) in [6, 6.07) is 8.36. The minimum absolute atomic E-state index is 0. The molecule has 0 fully saturated rings. The van der Waals surface area contributed by atoms with Crippen LogP contribution in [-0.4, -0.2) is 10.6 Å². The van der Waals surface area contributed by atoms with Gasteiger partial charge in [-0.05, 0) is 50.2 Å². The van der Waals surface area contributed by atoms with Crippen molar-refractivity contribution in [3.05, 3.63) is 59.2 Å². The van der Waals surface area contributed by atoms with Gasteiger partial charge in [0, 0.05) is 16.9 Å². The molecule has 1 atom stereocenters. The number of allylic oxidation sites excluding steroid dienone is 4. The van der Waals surface area contributed by atoms with Gasteiger partial charge in [0.2, 0.25) is 0 Å². The lowest BCUT2D eigenvalue weighted by atomic mass is 9.97. The van der Waals surface area contributed by atoms with Crippen molar-refractivity contribution in [3.8, 4) is 0 Å². The SMILES string of the molecule is C.CC.CC.CCCC(C)CCCC(=S)CC(=O)C1=CCC=C1.Cc1ccccc1C. The van der Waals surface area contributed by atoms with Crippen LogP contribution in [0.3, 0.4) is 0 Å². The fourth-order valence-electron chi connectivity index (χ4n) is 2.98. The monoisotopic (exact) mass is 446 g/mol. The number of rotatable bonds is 9. The standard InChI is InChI=1S/C16H24OS.C8H10.2C2H6.CH4/c1-3-7-13(2)8-6-11-15(18)12-16(17)14-9-4-5-10-14;1-7-5-3-4-6-8(7)2;2*1-2;/h4,9-10,13H,3,5-8,11-12H2,1-2H3;3-6H,1-2H3;2*1-2H3;1H4. The van der Waals surface area contributed by atoms with Gasteiger partial charge in [-0.3, -0.25) is 4.79 Å². The molecule has 1 aromatic carbocycles. The molecule has 1 nitrogen and oxygen atoms in total. The zero-order valence-electron chi connectivity index (χ0n) is 20.9. The van der Waals surface area contributed by atoms with Gasteiger partial charge in [0.15, 0.2) is 5.78 Å². The van der Waals surface area contributed by atoms with Crippen LogP contribution in [0.2, 0.25) is 0 Å². The number of aryl methyl sites for hydroxylation is 2. The molecule has 0 saturated heterocycles. The summed E-state index contributed by atoms with van der Waals surface area (Å²) in [4.78, 5) is 12.8. The van der Waals surface area contributed by atoms with Crippen LogP contribution >= 0.6 is 12.2 Å². The van der Waals surface area contributed by atoms with Crippen LogP contribution in [0.5, 0.6) is 0 Å². The maximum atomic E-state index is 11.8. The number of thiocarbonyl (C=S) groups is 1. The van der Waals surface area contributed by atoms with Crippen molar-refractivity contribution in [1.29, 1.82) is 0 Å². The van der Waals surface area contributed by atoms with Crippen molar-refractivity contribution < 1.29 is 4.79 Å². The summed E-state index contributed by atoms with van der Waals surface area (Å²) in [5.74, 6) is 0.976. The molecule has 0 bridgehead atoms. The van der Waals surface area contributed by atoms with Gasteiger partial charge in [-0.25, -0.2) is 0 Å². The average Bonchev–Trinajstić information content (AvgIpc) is 3.29. The van der Waals surface area contributed by atoms with Crippen LogP contribution < -0.4 is 0 Å². The van der Waals surface area contributed by atoms with E-state index in [0.29, 0.717) is 6.42 Å². The second-order valence-electron chi connectivity index (χ2n) is 7.31. The lowest BCUT2D eigenvalue weighted by Gasteiger charge is -2.09. The largest absolute Gasteiger partial charge is 0.294 e. The summed E-state index contributed by atoms with van der Waals surface area (Å²) in [6.45, 7) is 16.8. The molecule has 0 heterocycles. The maximum Gasteiger partial charge on any atom is 0.167 e. The highest BCUT2D eigenvalue weighted by molar-refractivity contribution is 7.80. The topological polar surface area (TPSA) is 17.1 Å². The van der Waals surface area contributed by atoms with Crippen LogP contribution in [0.1, 0.15) is 105 Å². The fourth-order valence-corrected chi connectivity index (χ4v) is 3.26. The molecule has 0 aromatic heterocycles. The first-order valence-electron chi connectivity index (χ1n) is 11.9. The molecule has 0 amide bonds. The summed E-state index contributed by atoms with van der Waals surface area (Å²) < 4.78 is 0. The maximum absolute atomic E-state index is 11.8. The fraction of sp³-hybridized carbons (Fsp3) is 0.586. The van der Waals surface area contributed by atoms with Gasteiger partial charge in [0.25, 0.3) is 0 Å². The molecule has 0 spiro atoms. The number of carbonyl (C=O) groups excluding carboxylic acids is 1. The van der Waals surface area contributed by atoms with Gasteiger partial charge in [-0.15, -0.1) is 0 Å². The van der Waals surface area contributed by atoms with Crippen molar-refractivity contribution in [3.63, 3.8) is 0 Å². The summed E-state index contributed by atoms with van der Waals surface area (Å²) in [7, 11) is 0. The van der Waals surface area contributed by atoms with Gasteiger partial charge in [0.1, 0.15) is 0 Å². The van der Waals surface area contributed by atoms with Gasteiger partial charge >= 0.3 is 0 Å². The highest BCUT2D eigenvalue weighted by Crippen LogP contribution is 2.16. The number of Topliss-reactive ketones (excluding diaryl/α,β-unsaturated/α-hetero) is 1. The highest BCUT2D eigenvalue weighted by atomic mass is 32.1. The molecule has 2 rings (SSSR count). The number of benzene rings is 1. The van der Waals surface area contributed by atoms with E-state index in [0.717, 1.165) is 35.6 Å². The van der Waals surface area contributed by atoms with E-state index in [2.05, 4.69) is 52.0 Å². The zero-order chi connectivity index (χ0) is 23.4. The van der Waals surface area contributed by atoms with Crippen molar-refractivity contribution in [2.45, 2.75) is 108 Å². The molecule has 31 heavy (non-hydrogen) atoms. The van der Waals surface area contributed by atoms with Gasteiger partial charge in [-0.1, -0.05) is 123 Å². The van der Waals surface area contributed by atoms with Crippen LogP contribution in [0, 0.1) is 19.8 Å². The second-order valence-corrected chi connectivity index (χ2v) is 7.88. The molecule has 1 aliphatic rings. The highest BCUT2D eigenvalue weighted by Gasteiger charge is 2.11. The molecule has 0 N–H and O–H groups in total. The quantitative estimate of drug-likeness (QED) is 0.351. The molecule has 178 valence electrons. The zero-order valence-corrected chi connectivity index (χ0v) is 21.7. The Hall–Kier alpha value is -1.54. The van der Waals surface area contributed by atoms with E-state index < -0.39 is 0 Å². The predicted molar refractivity (Wildman–Crippen MR) is 147 cm³/mol. The van der Waals surface area contributed by atoms with E-state index in [4.69, 9.17) is 12.2 Å². The summed E-state index contributed by atoms with van der Waals surface area (Å²) in [6.07, 6.45) is 13.1. The molecule has 1 unspecified atom stereocenters. The van der Waals surface area contributed by atoms with Crippen molar-refractivity contribution >= 4 is 22.9 Å². The van der Waals surface area contributed by atoms with E-state index in [1.165, 1.54) is 30.4 Å². The molecule has 1 aliphatic carbocycles. The minimum Gasteiger partial charge on any atom is -0.294 e. The molecule has 2 heteroatoms. The Morgan fingerprint density at radius 3 is 2.00 bits per heavy atom. The van der Waals surface area contributed by atoms with Gasteiger partial charge < -0.3 is 0 Å². The molecule has 0 aliphatic heterocycles. The van der Waals surface area contributed by atoms with E-state index in [1.54, 1.807) is 0 Å². The van der Waals surface area contributed by atoms with E-state index in [9.17, 15) is 4.79 Å². The van der Waals surface area contributed by atoms with Crippen molar-refractivity contribution in [1.82, 2.24) is 0 Å². The smallest absolute Gasteiger partial charge is 0.167 e. The summed E-state index contributed by atoms with van der Waals surface area (Å²) >= 11 is 5.31. The van der Waals surface area contributed by atoms with Crippen LogP contribution in [0.15, 0.2) is 48.1 Å². The summed E-state index contributed by atoms with van der Waals surface area (Å²) in [5.41, 5.74) is 3.58. The lowest BCUT2D eigenvalue weighted by Crippen LogP contribution is -2.07. The Bertz CT molecular complexity index is 619. The number of hydrogen-bond acceptors (Lipinski definition) is 2. The van der Waals surface area contributed by atoms with Gasteiger partial charge in [0.05, 0.1) is 0 Å². The third-order valence-electron chi connectivity index (χ3n) is 4.81. The third-order valence-corrected chi connectivity index (χ3v) is 5.16. The number of ketones is 1. The second kappa shape index (κ2) is 23.1. The first-order valence-corrected chi connectivity index (χ1v) is 12.3. The Kier molecular flexibility index (Phi) is 25.4. The first-order chi connectivity index (χ1) is 14.4. The third kappa shape index (κ3) is 17.8. The van der Waals surface area contributed by atoms with Crippen LogP contribution in [-0.2, 0) is 4.79 Å². The van der Waals surface area contributed by atoms with E-state index >= 15 is 0 Å². The van der Waals surface area contributed by atoms with Crippen molar-refractivity contribution in [2.75, 3.05) is 0 Å². The Labute approximate surface area is 200 Å². The molecule has 0 saturated carbocycles. The van der Waals surface area contributed by atoms with E-state index in [-0.39, 0.29) is 13.2 Å². The van der Waals surface area contributed by atoms with Crippen LogP contribution in [0.4, 0.5) is 0 Å².